The maximum atomic E-state index is 11.3. The predicted octanol–water partition coefficient (Wildman–Crippen LogP) is 0.855. The molecule has 0 aliphatic carbocycles. The monoisotopic (exact) mass is 195 g/mol. The highest BCUT2D eigenvalue weighted by Crippen LogP contribution is 1.94. The van der Waals surface area contributed by atoms with Gasteiger partial charge in [-0.3, -0.25) is 14.6 Å². The lowest BCUT2D eigenvalue weighted by Crippen LogP contribution is -2.27. The summed E-state index contributed by atoms with van der Waals surface area (Å²) in [5, 5.41) is 0. The number of amides is 1. The fourth-order valence-corrected chi connectivity index (χ4v) is 0.733. The standard InChI is InChI=1S/C9H13N3O2/c1-6(2)14-12-9(13)8-5-10-7(3)4-11-8/h4-6H,1-3H3,(H,12,13). The van der Waals surface area contributed by atoms with Crippen molar-refractivity contribution in [2.24, 2.45) is 0 Å². The molecule has 0 radical (unpaired) electrons. The Labute approximate surface area is 82.5 Å². The van der Waals surface area contributed by atoms with E-state index in [1.54, 1.807) is 6.92 Å². The van der Waals surface area contributed by atoms with E-state index >= 15 is 0 Å². The average Bonchev–Trinajstić information content (AvgIpc) is 2.15. The maximum Gasteiger partial charge on any atom is 0.295 e. The number of carbonyl (C=O) groups is 1. The molecule has 1 heterocycles. The summed E-state index contributed by atoms with van der Waals surface area (Å²) in [4.78, 5) is 24.1. The van der Waals surface area contributed by atoms with Gasteiger partial charge in [-0.25, -0.2) is 10.5 Å². The molecule has 0 aliphatic heterocycles. The third-order valence-corrected chi connectivity index (χ3v) is 1.40. The van der Waals surface area contributed by atoms with Crippen LogP contribution in [0.3, 0.4) is 0 Å². The molecule has 14 heavy (non-hydrogen) atoms. The van der Waals surface area contributed by atoms with E-state index in [9.17, 15) is 4.79 Å². The first kappa shape index (κ1) is 10.6. The molecule has 0 aliphatic rings. The number of aromatic nitrogens is 2. The number of carbonyl (C=O) groups excluding carboxylic acids is 1. The highest BCUT2D eigenvalue weighted by molar-refractivity contribution is 5.91. The Hall–Kier alpha value is -1.49. The molecule has 0 aromatic carbocycles. The minimum absolute atomic E-state index is 0.0580. The van der Waals surface area contributed by atoms with Crippen LogP contribution in [0.15, 0.2) is 12.4 Å². The third-order valence-electron chi connectivity index (χ3n) is 1.40. The van der Waals surface area contributed by atoms with Gasteiger partial charge in [0.25, 0.3) is 5.91 Å². The zero-order valence-corrected chi connectivity index (χ0v) is 8.44. The lowest BCUT2D eigenvalue weighted by atomic mass is 10.4. The van der Waals surface area contributed by atoms with E-state index in [1.807, 2.05) is 13.8 Å². The minimum atomic E-state index is -0.383. The van der Waals surface area contributed by atoms with Crippen molar-refractivity contribution in [2.45, 2.75) is 26.9 Å². The van der Waals surface area contributed by atoms with Crippen molar-refractivity contribution < 1.29 is 9.63 Å². The zero-order valence-electron chi connectivity index (χ0n) is 8.44. The van der Waals surface area contributed by atoms with E-state index in [1.165, 1.54) is 12.4 Å². The highest BCUT2D eigenvalue weighted by atomic mass is 16.7. The normalized spacial score (nSPS) is 10.3. The van der Waals surface area contributed by atoms with Crippen LogP contribution in [0, 0.1) is 6.92 Å². The molecule has 5 nitrogen and oxygen atoms in total. The van der Waals surface area contributed by atoms with E-state index in [2.05, 4.69) is 15.4 Å². The van der Waals surface area contributed by atoms with Crippen LogP contribution in [0.4, 0.5) is 0 Å². The van der Waals surface area contributed by atoms with Crippen molar-refractivity contribution >= 4 is 5.91 Å². The van der Waals surface area contributed by atoms with Gasteiger partial charge in [-0.2, -0.15) is 0 Å². The Balaban J connectivity index is 2.57. The SMILES string of the molecule is Cc1cnc(C(=O)NOC(C)C)cn1. The van der Waals surface area contributed by atoms with Gasteiger partial charge in [0.15, 0.2) is 0 Å². The number of nitrogens with one attached hydrogen (secondary N) is 1. The van der Waals surface area contributed by atoms with Crippen LogP contribution < -0.4 is 5.48 Å². The fourth-order valence-electron chi connectivity index (χ4n) is 0.733. The van der Waals surface area contributed by atoms with Crippen LogP contribution in [0.5, 0.6) is 0 Å². The second-order valence-electron chi connectivity index (χ2n) is 3.14. The maximum absolute atomic E-state index is 11.3. The Morgan fingerprint density at radius 1 is 1.43 bits per heavy atom. The molecule has 0 saturated carbocycles. The van der Waals surface area contributed by atoms with Gasteiger partial charge in [0.1, 0.15) is 5.69 Å². The van der Waals surface area contributed by atoms with E-state index < -0.39 is 0 Å². The first-order valence-electron chi connectivity index (χ1n) is 4.34. The van der Waals surface area contributed by atoms with Crippen molar-refractivity contribution in [2.75, 3.05) is 0 Å². The van der Waals surface area contributed by atoms with Gasteiger partial charge in [0.05, 0.1) is 18.0 Å². The Bertz CT molecular complexity index is 308. The van der Waals surface area contributed by atoms with Gasteiger partial charge in [-0.15, -0.1) is 0 Å². The summed E-state index contributed by atoms with van der Waals surface area (Å²) >= 11 is 0. The van der Waals surface area contributed by atoms with Gasteiger partial charge in [0.2, 0.25) is 0 Å². The summed E-state index contributed by atoms with van der Waals surface area (Å²) < 4.78 is 0. The molecular formula is C9H13N3O2. The second kappa shape index (κ2) is 4.66. The molecule has 0 bridgehead atoms. The van der Waals surface area contributed by atoms with Gasteiger partial charge < -0.3 is 0 Å². The van der Waals surface area contributed by atoms with Crippen molar-refractivity contribution in [3.8, 4) is 0 Å². The van der Waals surface area contributed by atoms with E-state index in [4.69, 9.17) is 4.84 Å². The molecule has 1 amide bonds. The van der Waals surface area contributed by atoms with Gasteiger partial charge in [-0.1, -0.05) is 0 Å². The van der Waals surface area contributed by atoms with E-state index in [0.29, 0.717) is 0 Å². The Kier molecular flexibility index (Phi) is 3.53. The summed E-state index contributed by atoms with van der Waals surface area (Å²) in [6, 6.07) is 0. The van der Waals surface area contributed by atoms with Crippen LogP contribution >= 0.6 is 0 Å². The summed E-state index contributed by atoms with van der Waals surface area (Å²) in [6.45, 7) is 5.45. The summed E-state index contributed by atoms with van der Waals surface area (Å²) in [5.74, 6) is -0.383. The summed E-state index contributed by atoms with van der Waals surface area (Å²) in [7, 11) is 0. The molecule has 76 valence electrons. The molecule has 1 aromatic heterocycles. The van der Waals surface area contributed by atoms with Crippen molar-refractivity contribution in [1.82, 2.24) is 15.4 Å². The molecule has 0 unspecified atom stereocenters. The lowest BCUT2D eigenvalue weighted by molar-refractivity contribution is -0.000166. The third kappa shape index (κ3) is 3.10. The summed E-state index contributed by atoms with van der Waals surface area (Å²) in [6.07, 6.45) is 2.89. The zero-order chi connectivity index (χ0) is 10.6. The minimum Gasteiger partial charge on any atom is -0.271 e. The average molecular weight is 195 g/mol. The van der Waals surface area contributed by atoms with Crippen LogP contribution in [0.1, 0.15) is 30.0 Å². The van der Waals surface area contributed by atoms with Crippen LogP contribution in [-0.2, 0) is 4.84 Å². The molecule has 1 rings (SSSR count). The molecule has 0 atom stereocenters. The first-order chi connectivity index (χ1) is 6.59. The highest BCUT2D eigenvalue weighted by Gasteiger charge is 2.07. The molecular weight excluding hydrogens is 182 g/mol. The Morgan fingerprint density at radius 3 is 2.64 bits per heavy atom. The van der Waals surface area contributed by atoms with Gasteiger partial charge in [0, 0.05) is 6.20 Å². The predicted molar refractivity (Wildman–Crippen MR) is 50.5 cm³/mol. The first-order valence-corrected chi connectivity index (χ1v) is 4.34. The molecule has 5 heteroatoms. The number of aryl methyl sites for hydroxylation is 1. The van der Waals surface area contributed by atoms with Crippen LogP contribution in [-0.4, -0.2) is 22.0 Å². The number of nitrogens with zero attached hydrogens (tertiary/aromatic N) is 2. The second-order valence-corrected chi connectivity index (χ2v) is 3.14. The molecule has 1 N–H and O–H groups in total. The van der Waals surface area contributed by atoms with E-state index in [-0.39, 0.29) is 17.7 Å². The number of rotatable bonds is 3. The van der Waals surface area contributed by atoms with Gasteiger partial charge >= 0.3 is 0 Å². The molecule has 1 aromatic rings. The van der Waals surface area contributed by atoms with Crippen molar-refractivity contribution in [3.63, 3.8) is 0 Å². The van der Waals surface area contributed by atoms with Crippen LogP contribution in [0.2, 0.25) is 0 Å². The summed E-state index contributed by atoms with van der Waals surface area (Å²) in [5.41, 5.74) is 3.29. The van der Waals surface area contributed by atoms with Crippen molar-refractivity contribution in [3.05, 3.63) is 23.8 Å². The fraction of sp³-hybridized carbons (Fsp3) is 0.444. The molecule has 0 fully saturated rings. The van der Waals surface area contributed by atoms with Crippen molar-refractivity contribution in [1.29, 1.82) is 0 Å². The van der Waals surface area contributed by atoms with E-state index in [0.717, 1.165) is 5.69 Å². The topological polar surface area (TPSA) is 64.1 Å². The Morgan fingerprint density at radius 2 is 2.14 bits per heavy atom. The quantitative estimate of drug-likeness (QED) is 0.726. The van der Waals surface area contributed by atoms with Gasteiger partial charge in [-0.05, 0) is 20.8 Å². The lowest BCUT2D eigenvalue weighted by Gasteiger charge is -2.07. The van der Waals surface area contributed by atoms with Crippen LogP contribution in [0.25, 0.3) is 0 Å². The number of hydrogen-bond acceptors (Lipinski definition) is 4. The largest absolute Gasteiger partial charge is 0.295 e. The molecule has 0 spiro atoms. The smallest absolute Gasteiger partial charge is 0.271 e. The number of hydroxylamine groups is 1. The number of hydrogen-bond donors (Lipinski definition) is 1. The molecule has 0 saturated heterocycles.